The fourth-order valence-electron chi connectivity index (χ4n) is 2.07. The summed E-state index contributed by atoms with van der Waals surface area (Å²) in [6.07, 6.45) is 3.42. The zero-order valence-electron chi connectivity index (χ0n) is 7.58. The van der Waals surface area contributed by atoms with Gasteiger partial charge in [-0.3, -0.25) is 0 Å². The van der Waals surface area contributed by atoms with Gasteiger partial charge < -0.3 is 5.11 Å². The zero-order valence-corrected chi connectivity index (χ0v) is 7.58. The number of nitrogens with zero attached hydrogens (tertiary/aromatic N) is 2. The maximum atomic E-state index is 11.3. The van der Waals surface area contributed by atoms with E-state index in [1.54, 1.807) is 0 Å². The third-order valence-electron chi connectivity index (χ3n) is 2.92. The Kier molecular flexibility index (Phi) is 1.67. The summed E-state index contributed by atoms with van der Waals surface area (Å²) in [5, 5.41) is 15.3. The highest BCUT2D eigenvalue weighted by atomic mass is 16.3. The van der Waals surface area contributed by atoms with Gasteiger partial charge in [0.25, 0.3) is 0 Å². The maximum Gasteiger partial charge on any atom is 0.190 e. The van der Waals surface area contributed by atoms with Crippen LogP contribution in [0.1, 0.15) is 33.1 Å². The Bertz CT molecular complexity index is 268. The molecule has 0 fully saturated rings. The van der Waals surface area contributed by atoms with Crippen molar-refractivity contribution in [3.8, 4) is 0 Å². The highest BCUT2D eigenvalue weighted by Gasteiger charge is 2.38. The lowest BCUT2D eigenvalue weighted by Crippen LogP contribution is -2.34. The molecule has 0 radical (unpaired) electrons. The SMILES string of the molecule is CC1=[N+]2N=C([O-])C(C)C2CCC1. The predicted octanol–water partition coefficient (Wildman–Crippen LogP) is 0.336. The molecule has 0 spiro atoms. The van der Waals surface area contributed by atoms with Crippen molar-refractivity contribution in [2.75, 3.05) is 0 Å². The van der Waals surface area contributed by atoms with E-state index in [1.807, 2.05) is 11.6 Å². The lowest BCUT2D eigenvalue weighted by atomic mass is 9.94. The summed E-state index contributed by atoms with van der Waals surface area (Å²) in [5.74, 6) is 0.168. The molecule has 0 amide bonds. The van der Waals surface area contributed by atoms with Crippen LogP contribution in [0.5, 0.6) is 0 Å². The average Bonchev–Trinajstić information content (AvgIpc) is 2.32. The molecule has 0 aromatic rings. The third kappa shape index (κ3) is 0.958. The van der Waals surface area contributed by atoms with E-state index in [4.69, 9.17) is 0 Å². The van der Waals surface area contributed by atoms with E-state index >= 15 is 0 Å². The lowest BCUT2D eigenvalue weighted by Gasteiger charge is -2.16. The molecular weight excluding hydrogens is 152 g/mol. The van der Waals surface area contributed by atoms with E-state index < -0.39 is 0 Å². The van der Waals surface area contributed by atoms with Crippen LogP contribution in [0.25, 0.3) is 0 Å². The van der Waals surface area contributed by atoms with Crippen LogP contribution in [-0.4, -0.2) is 22.3 Å². The van der Waals surface area contributed by atoms with Crippen LogP contribution in [0.15, 0.2) is 5.10 Å². The predicted molar refractivity (Wildman–Crippen MR) is 45.2 cm³/mol. The second kappa shape index (κ2) is 2.57. The average molecular weight is 166 g/mol. The Labute approximate surface area is 72.4 Å². The number of hydrazone groups is 1. The minimum atomic E-state index is 0.0567. The molecular formula is C9H14N2O. The number of fused-ring (bicyclic) bond motifs is 1. The second-order valence-electron chi connectivity index (χ2n) is 3.77. The van der Waals surface area contributed by atoms with E-state index in [-0.39, 0.29) is 11.8 Å². The fraction of sp³-hybridized carbons (Fsp3) is 0.778. The van der Waals surface area contributed by atoms with Gasteiger partial charge in [-0.1, -0.05) is 11.6 Å². The van der Waals surface area contributed by atoms with Gasteiger partial charge in [-0.2, -0.15) is 0 Å². The molecule has 12 heavy (non-hydrogen) atoms. The van der Waals surface area contributed by atoms with Gasteiger partial charge in [0.1, 0.15) is 0 Å². The summed E-state index contributed by atoms with van der Waals surface area (Å²) in [4.78, 5) is 0. The van der Waals surface area contributed by atoms with Crippen LogP contribution >= 0.6 is 0 Å². The molecule has 0 aliphatic carbocycles. The van der Waals surface area contributed by atoms with Crippen molar-refractivity contribution in [1.29, 1.82) is 0 Å². The molecule has 2 heterocycles. The smallest absolute Gasteiger partial charge is 0.190 e. The summed E-state index contributed by atoms with van der Waals surface area (Å²) in [5.41, 5.74) is 1.25. The second-order valence-corrected chi connectivity index (χ2v) is 3.77. The molecule has 0 N–H and O–H groups in total. The molecule has 3 heteroatoms. The first-order valence-corrected chi connectivity index (χ1v) is 4.57. The zero-order chi connectivity index (χ0) is 8.72. The molecule has 2 aliphatic rings. The van der Waals surface area contributed by atoms with Crippen LogP contribution in [0.4, 0.5) is 0 Å². The van der Waals surface area contributed by atoms with Crippen LogP contribution in [-0.2, 0) is 0 Å². The van der Waals surface area contributed by atoms with E-state index in [1.165, 1.54) is 12.1 Å². The minimum Gasteiger partial charge on any atom is -0.857 e. The standard InChI is InChI=1S/C9H14N2O/c1-6-4-3-5-8-7(2)9(12)10-11(6)8/h7-8H,3-5H2,1-2H3. The van der Waals surface area contributed by atoms with Crippen LogP contribution in [0.3, 0.4) is 0 Å². The molecule has 2 aliphatic heterocycles. The maximum absolute atomic E-state index is 11.3. The minimum absolute atomic E-state index is 0.0567. The normalized spacial score (nSPS) is 35.0. The highest BCUT2D eigenvalue weighted by molar-refractivity contribution is 5.80. The highest BCUT2D eigenvalue weighted by Crippen LogP contribution is 2.25. The van der Waals surface area contributed by atoms with Gasteiger partial charge in [-0.05, 0) is 11.5 Å². The molecule has 2 unspecified atom stereocenters. The van der Waals surface area contributed by atoms with E-state index in [0.29, 0.717) is 6.04 Å². The Morgan fingerprint density at radius 1 is 1.58 bits per heavy atom. The molecule has 3 nitrogen and oxygen atoms in total. The molecule has 2 rings (SSSR count). The van der Waals surface area contributed by atoms with Crippen molar-refractivity contribution in [2.45, 2.75) is 39.2 Å². The van der Waals surface area contributed by atoms with Crippen molar-refractivity contribution in [3.63, 3.8) is 0 Å². The molecule has 0 bridgehead atoms. The van der Waals surface area contributed by atoms with Gasteiger partial charge in [-0.15, -0.1) is 0 Å². The Morgan fingerprint density at radius 3 is 3.00 bits per heavy atom. The molecule has 0 aromatic carbocycles. The largest absolute Gasteiger partial charge is 0.857 e. The number of hydrogen-bond donors (Lipinski definition) is 0. The first-order valence-electron chi connectivity index (χ1n) is 4.57. The van der Waals surface area contributed by atoms with Crippen molar-refractivity contribution >= 4 is 11.6 Å². The monoisotopic (exact) mass is 166 g/mol. The summed E-state index contributed by atoms with van der Waals surface area (Å²) >= 11 is 0. The Morgan fingerprint density at radius 2 is 2.33 bits per heavy atom. The third-order valence-corrected chi connectivity index (χ3v) is 2.92. The van der Waals surface area contributed by atoms with Crippen molar-refractivity contribution in [3.05, 3.63) is 0 Å². The summed E-state index contributed by atoms with van der Waals surface area (Å²) < 4.78 is 1.94. The van der Waals surface area contributed by atoms with Crippen LogP contribution < -0.4 is 5.11 Å². The fourth-order valence-corrected chi connectivity index (χ4v) is 2.07. The van der Waals surface area contributed by atoms with E-state index in [9.17, 15) is 5.11 Å². The molecule has 2 atom stereocenters. The van der Waals surface area contributed by atoms with Gasteiger partial charge in [0.05, 0.1) is 5.92 Å². The van der Waals surface area contributed by atoms with E-state index in [2.05, 4.69) is 12.0 Å². The first kappa shape index (κ1) is 7.77. The van der Waals surface area contributed by atoms with Gasteiger partial charge in [0.2, 0.25) is 0 Å². The van der Waals surface area contributed by atoms with Crippen molar-refractivity contribution < 1.29 is 9.79 Å². The lowest BCUT2D eigenvalue weighted by molar-refractivity contribution is -0.572. The molecule has 0 aromatic heterocycles. The van der Waals surface area contributed by atoms with Crippen molar-refractivity contribution in [2.24, 2.45) is 11.0 Å². The van der Waals surface area contributed by atoms with Crippen LogP contribution in [0.2, 0.25) is 0 Å². The first-order chi connectivity index (χ1) is 5.70. The van der Waals surface area contributed by atoms with Crippen LogP contribution in [0, 0.1) is 5.92 Å². The Balaban J connectivity index is 2.38. The van der Waals surface area contributed by atoms with Gasteiger partial charge in [0.15, 0.2) is 11.8 Å². The summed E-state index contributed by atoms with van der Waals surface area (Å²) in [7, 11) is 0. The summed E-state index contributed by atoms with van der Waals surface area (Å²) in [6, 6.07) is 0.367. The van der Waals surface area contributed by atoms with Gasteiger partial charge in [0, 0.05) is 25.7 Å². The van der Waals surface area contributed by atoms with Gasteiger partial charge in [-0.25, -0.2) is 0 Å². The van der Waals surface area contributed by atoms with E-state index in [0.717, 1.165) is 12.8 Å². The molecule has 0 saturated carbocycles. The van der Waals surface area contributed by atoms with Gasteiger partial charge >= 0.3 is 0 Å². The number of hydrogen-bond acceptors (Lipinski definition) is 2. The molecule has 0 saturated heterocycles. The molecule has 66 valence electrons. The topological polar surface area (TPSA) is 38.4 Å². The summed E-state index contributed by atoms with van der Waals surface area (Å²) in [6.45, 7) is 4.05. The quantitative estimate of drug-likeness (QED) is 0.478. The van der Waals surface area contributed by atoms with Crippen molar-refractivity contribution in [1.82, 2.24) is 0 Å². The number of rotatable bonds is 0. The Hall–Kier alpha value is -0.860.